The van der Waals surface area contributed by atoms with E-state index in [1.807, 2.05) is 0 Å². The molecular weight excluding hydrogens is 331 g/mol. The Morgan fingerprint density at radius 1 is 1.30 bits per heavy atom. The van der Waals surface area contributed by atoms with Crippen LogP contribution in [0.4, 0.5) is 18.0 Å². The van der Waals surface area contributed by atoms with Crippen LogP contribution in [-0.2, 0) is 6.18 Å². The Morgan fingerprint density at radius 2 is 2.09 bits per heavy atom. The third kappa shape index (κ3) is 4.78. The van der Waals surface area contributed by atoms with Crippen LogP contribution in [-0.4, -0.2) is 18.5 Å². The lowest BCUT2D eigenvalue weighted by Crippen LogP contribution is -2.26. The number of halogens is 3. The van der Waals surface area contributed by atoms with E-state index in [1.54, 1.807) is 6.26 Å². The minimum Gasteiger partial charge on any atom is -0.455 e. The molecule has 5 nitrogen and oxygen atoms in total. The predicted octanol–water partition coefficient (Wildman–Crippen LogP) is 3.88. The lowest BCUT2D eigenvalue weighted by Gasteiger charge is -2.07. The summed E-state index contributed by atoms with van der Waals surface area (Å²) >= 11 is 1.11. The van der Waals surface area contributed by atoms with Gasteiger partial charge < -0.3 is 4.42 Å². The van der Waals surface area contributed by atoms with Crippen molar-refractivity contribution in [3.05, 3.63) is 47.7 Å². The number of carbonyl (C=O) groups is 1. The molecule has 23 heavy (non-hydrogen) atoms. The number of rotatable bonds is 4. The molecule has 1 heterocycles. The number of benzene rings is 1. The number of hydrogen-bond acceptors (Lipinski definition) is 4. The Kier molecular flexibility index (Phi) is 5.32. The molecule has 0 saturated heterocycles. The van der Waals surface area contributed by atoms with Gasteiger partial charge in [-0.05, 0) is 24.3 Å². The predicted molar refractivity (Wildman–Crippen MR) is 81.9 cm³/mol. The van der Waals surface area contributed by atoms with Crippen LogP contribution in [0.15, 0.2) is 45.9 Å². The van der Waals surface area contributed by atoms with Crippen molar-refractivity contribution >= 4 is 24.2 Å². The highest BCUT2D eigenvalue weighted by atomic mass is 32.2. The maximum absolute atomic E-state index is 12.7. The van der Waals surface area contributed by atoms with E-state index in [0.29, 0.717) is 11.3 Å². The van der Waals surface area contributed by atoms with Crippen LogP contribution in [0.1, 0.15) is 11.3 Å². The number of alkyl halides is 3. The molecule has 2 N–H and O–H groups in total. The Hall–Kier alpha value is -2.42. The standard InChI is InChI=1S/C14H12F3N3O2S/c1-23-20-13(21)19-18-8-11-5-6-12(22-11)9-3-2-4-10(7-9)14(15,16)17/h2-8H,1H3,(H2,19,20,21)/b18-8+. The monoisotopic (exact) mass is 343 g/mol. The molecule has 0 radical (unpaired) electrons. The van der Waals surface area contributed by atoms with Gasteiger partial charge in [0.25, 0.3) is 0 Å². The summed E-state index contributed by atoms with van der Waals surface area (Å²) in [5, 5.41) is 3.65. The molecule has 0 saturated carbocycles. The summed E-state index contributed by atoms with van der Waals surface area (Å²) in [4.78, 5) is 11.1. The number of furan rings is 1. The lowest BCUT2D eigenvalue weighted by atomic mass is 10.1. The van der Waals surface area contributed by atoms with Crippen molar-refractivity contribution < 1.29 is 22.4 Å². The first-order valence-corrected chi connectivity index (χ1v) is 7.52. The van der Waals surface area contributed by atoms with Crippen LogP contribution in [0.2, 0.25) is 0 Å². The Balaban J connectivity index is 2.10. The van der Waals surface area contributed by atoms with E-state index < -0.39 is 17.8 Å². The first-order chi connectivity index (χ1) is 10.9. The molecule has 0 aliphatic carbocycles. The van der Waals surface area contributed by atoms with Crippen molar-refractivity contribution in [2.24, 2.45) is 5.10 Å². The zero-order valence-electron chi connectivity index (χ0n) is 11.8. The molecule has 9 heteroatoms. The van der Waals surface area contributed by atoms with Gasteiger partial charge in [0.05, 0.1) is 11.8 Å². The van der Waals surface area contributed by atoms with Gasteiger partial charge in [-0.3, -0.25) is 4.72 Å². The normalized spacial score (nSPS) is 11.7. The lowest BCUT2D eigenvalue weighted by molar-refractivity contribution is -0.137. The fourth-order valence-electron chi connectivity index (χ4n) is 1.70. The third-order valence-corrected chi connectivity index (χ3v) is 3.04. The number of nitrogens with one attached hydrogen (secondary N) is 2. The molecule has 0 aliphatic rings. The molecule has 0 unspecified atom stereocenters. The van der Waals surface area contributed by atoms with Gasteiger partial charge in [-0.1, -0.05) is 24.1 Å². The maximum Gasteiger partial charge on any atom is 0.416 e. The fraction of sp³-hybridized carbons (Fsp3) is 0.143. The molecule has 0 atom stereocenters. The number of hydrazone groups is 1. The minimum absolute atomic E-state index is 0.270. The van der Waals surface area contributed by atoms with Gasteiger partial charge >= 0.3 is 12.2 Å². The number of nitrogens with zero attached hydrogens (tertiary/aromatic N) is 1. The van der Waals surface area contributed by atoms with E-state index in [9.17, 15) is 18.0 Å². The van der Waals surface area contributed by atoms with E-state index in [4.69, 9.17) is 4.42 Å². The zero-order chi connectivity index (χ0) is 16.9. The first kappa shape index (κ1) is 16.9. The van der Waals surface area contributed by atoms with Crippen molar-refractivity contribution in [3.63, 3.8) is 0 Å². The van der Waals surface area contributed by atoms with Crippen LogP contribution in [0.5, 0.6) is 0 Å². The summed E-state index contributed by atoms with van der Waals surface area (Å²) in [5.41, 5.74) is 1.75. The highest BCUT2D eigenvalue weighted by Crippen LogP contribution is 2.32. The van der Waals surface area contributed by atoms with Crippen molar-refractivity contribution in [2.75, 3.05) is 6.26 Å². The van der Waals surface area contributed by atoms with Gasteiger partial charge in [0.15, 0.2) is 0 Å². The van der Waals surface area contributed by atoms with E-state index in [2.05, 4.69) is 15.2 Å². The Labute approximate surface area is 134 Å². The molecule has 2 aromatic rings. The van der Waals surface area contributed by atoms with E-state index in [1.165, 1.54) is 30.5 Å². The molecule has 0 fully saturated rings. The minimum atomic E-state index is -4.42. The average molecular weight is 343 g/mol. The zero-order valence-corrected chi connectivity index (χ0v) is 12.7. The van der Waals surface area contributed by atoms with Gasteiger partial charge in [0.1, 0.15) is 11.5 Å². The van der Waals surface area contributed by atoms with Gasteiger partial charge in [-0.2, -0.15) is 18.3 Å². The Morgan fingerprint density at radius 3 is 2.78 bits per heavy atom. The summed E-state index contributed by atoms with van der Waals surface area (Å²) in [6, 6.07) is 7.37. The average Bonchev–Trinajstić information content (AvgIpc) is 2.96. The van der Waals surface area contributed by atoms with Crippen molar-refractivity contribution in [3.8, 4) is 11.3 Å². The van der Waals surface area contributed by atoms with E-state index in [-0.39, 0.29) is 5.76 Å². The van der Waals surface area contributed by atoms with E-state index >= 15 is 0 Å². The molecular formula is C14H12F3N3O2S. The van der Waals surface area contributed by atoms with E-state index in [0.717, 1.165) is 24.1 Å². The molecule has 1 aromatic heterocycles. The summed E-state index contributed by atoms with van der Waals surface area (Å²) in [7, 11) is 0. The second-order valence-electron chi connectivity index (χ2n) is 4.29. The fourth-order valence-corrected chi connectivity index (χ4v) is 1.93. The third-order valence-electron chi connectivity index (χ3n) is 2.65. The summed E-state index contributed by atoms with van der Waals surface area (Å²) in [6.45, 7) is 0. The molecule has 2 rings (SSSR count). The maximum atomic E-state index is 12.7. The quantitative estimate of drug-likeness (QED) is 0.503. The topological polar surface area (TPSA) is 66.6 Å². The molecule has 1 aromatic carbocycles. The SMILES string of the molecule is CSNC(=O)N/N=C/c1ccc(-c2cccc(C(F)(F)F)c2)o1. The number of carbonyl (C=O) groups excluding carboxylic acids is 1. The van der Waals surface area contributed by atoms with Gasteiger partial charge in [-0.15, -0.1) is 0 Å². The second-order valence-corrected chi connectivity index (χ2v) is 4.90. The van der Waals surface area contributed by atoms with Crippen molar-refractivity contribution in [2.45, 2.75) is 6.18 Å². The first-order valence-electron chi connectivity index (χ1n) is 6.29. The van der Waals surface area contributed by atoms with Crippen molar-refractivity contribution in [1.29, 1.82) is 0 Å². The molecule has 0 spiro atoms. The summed E-state index contributed by atoms with van der Waals surface area (Å²) in [6.07, 6.45) is -1.49. The van der Waals surface area contributed by atoms with Crippen LogP contribution in [0.3, 0.4) is 0 Å². The molecule has 0 bridgehead atoms. The number of urea groups is 1. The highest BCUT2D eigenvalue weighted by molar-refractivity contribution is 7.97. The number of hydrogen-bond donors (Lipinski definition) is 2. The van der Waals surface area contributed by atoms with Crippen LogP contribution in [0, 0.1) is 0 Å². The number of amides is 2. The van der Waals surface area contributed by atoms with Crippen LogP contribution >= 0.6 is 11.9 Å². The Bertz CT molecular complexity index is 713. The largest absolute Gasteiger partial charge is 0.455 e. The smallest absolute Gasteiger partial charge is 0.416 e. The van der Waals surface area contributed by atoms with Gasteiger partial charge in [0, 0.05) is 11.8 Å². The van der Waals surface area contributed by atoms with Crippen LogP contribution < -0.4 is 10.1 Å². The van der Waals surface area contributed by atoms with Gasteiger partial charge in [-0.25, -0.2) is 10.2 Å². The summed E-state index contributed by atoms with van der Waals surface area (Å²) in [5.74, 6) is 0.563. The molecule has 2 amide bonds. The molecule has 0 aliphatic heterocycles. The molecule has 122 valence electrons. The second kappa shape index (κ2) is 7.23. The van der Waals surface area contributed by atoms with Gasteiger partial charge in [0.2, 0.25) is 0 Å². The summed E-state index contributed by atoms with van der Waals surface area (Å²) < 4.78 is 45.9. The van der Waals surface area contributed by atoms with Crippen LogP contribution in [0.25, 0.3) is 11.3 Å². The van der Waals surface area contributed by atoms with Crippen molar-refractivity contribution in [1.82, 2.24) is 10.1 Å². The highest BCUT2D eigenvalue weighted by Gasteiger charge is 2.30.